The van der Waals surface area contributed by atoms with E-state index >= 15 is 0 Å². The van der Waals surface area contributed by atoms with Crippen LogP contribution in [0.25, 0.3) is 0 Å². The fraction of sp³-hybridized carbons (Fsp3) is 0.435. The summed E-state index contributed by atoms with van der Waals surface area (Å²) >= 11 is 0. The van der Waals surface area contributed by atoms with Crippen molar-refractivity contribution in [1.82, 2.24) is 35.0 Å². The topological polar surface area (TPSA) is 177 Å². The van der Waals surface area contributed by atoms with Gasteiger partial charge in [0, 0.05) is 26.7 Å². The fourth-order valence-corrected chi connectivity index (χ4v) is 3.23. The first-order valence-corrected chi connectivity index (χ1v) is 11.5. The number of imidazole rings is 1. The zero-order valence-electron chi connectivity index (χ0n) is 21.2. The number of Topliss-reactive ketones (excluding diaryl/α,β-unsaturated/α-hetero) is 1. The van der Waals surface area contributed by atoms with Gasteiger partial charge in [0.2, 0.25) is 17.6 Å². The van der Waals surface area contributed by atoms with E-state index in [1.807, 2.05) is 0 Å². The smallest absolute Gasteiger partial charge is 0.287 e. The maximum Gasteiger partial charge on any atom is 0.287 e. The van der Waals surface area contributed by atoms with E-state index in [2.05, 4.69) is 26.3 Å². The molecule has 0 aliphatic heterocycles. The number of carbonyl (C=O) groups excluding carboxylic acids is 5. The molecular formula is C23H32N8O6. The number of rotatable bonds is 13. The van der Waals surface area contributed by atoms with E-state index in [1.54, 1.807) is 26.0 Å². The van der Waals surface area contributed by atoms with Gasteiger partial charge in [-0.05, 0) is 39.1 Å². The Morgan fingerprint density at radius 3 is 2.51 bits per heavy atom. The van der Waals surface area contributed by atoms with E-state index < -0.39 is 35.1 Å². The third-order valence-electron chi connectivity index (χ3n) is 5.23. The van der Waals surface area contributed by atoms with Gasteiger partial charge in [0.1, 0.15) is 24.0 Å². The number of hydrogen-bond acceptors (Lipinski definition) is 8. The molecule has 0 radical (unpaired) electrons. The molecule has 0 unspecified atom stereocenters. The molecule has 0 aliphatic carbocycles. The van der Waals surface area contributed by atoms with Crippen LogP contribution < -0.4 is 26.8 Å². The number of aryl methyl sites for hydroxylation is 1. The first-order valence-electron chi connectivity index (χ1n) is 11.5. The molecule has 2 rings (SSSR count). The van der Waals surface area contributed by atoms with Gasteiger partial charge >= 0.3 is 0 Å². The molecule has 0 aliphatic rings. The SMILES string of the molecule is CNC(=O)C(=O)CCC[C@H](NC(=O)c1cncn1C)C(=O)Nc1cccn(CC(=O)NCN(C)C)c1=O. The van der Waals surface area contributed by atoms with Gasteiger partial charge in [-0.25, -0.2) is 4.98 Å². The van der Waals surface area contributed by atoms with Crippen LogP contribution in [0.2, 0.25) is 0 Å². The molecule has 14 nitrogen and oxygen atoms in total. The molecule has 0 saturated heterocycles. The third kappa shape index (κ3) is 8.68. The minimum Gasteiger partial charge on any atom is -0.353 e. The second-order valence-electron chi connectivity index (χ2n) is 8.49. The summed E-state index contributed by atoms with van der Waals surface area (Å²) in [6.45, 7) is 0.0448. The van der Waals surface area contributed by atoms with Crippen molar-refractivity contribution in [2.24, 2.45) is 7.05 Å². The highest BCUT2D eigenvalue weighted by Crippen LogP contribution is 2.08. The zero-order valence-corrected chi connectivity index (χ0v) is 21.2. The Kier molecular flexibility index (Phi) is 10.7. The Hall–Kier alpha value is -4.33. The predicted octanol–water partition coefficient (Wildman–Crippen LogP) is -1.56. The number of aromatic nitrogens is 3. The summed E-state index contributed by atoms with van der Waals surface area (Å²) in [5.41, 5.74) is -0.499. The van der Waals surface area contributed by atoms with Gasteiger partial charge in [-0.3, -0.25) is 33.7 Å². The summed E-state index contributed by atoms with van der Waals surface area (Å²) in [5.74, 6) is -3.07. The van der Waals surface area contributed by atoms with E-state index in [-0.39, 0.29) is 43.1 Å². The third-order valence-corrected chi connectivity index (χ3v) is 5.23. The van der Waals surface area contributed by atoms with Crippen LogP contribution in [0.1, 0.15) is 29.8 Å². The lowest BCUT2D eigenvalue weighted by atomic mass is 10.1. The van der Waals surface area contributed by atoms with E-state index in [0.29, 0.717) is 6.67 Å². The number of carbonyl (C=O) groups is 5. The average molecular weight is 517 g/mol. The monoisotopic (exact) mass is 516 g/mol. The van der Waals surface area contributed by atoms with Crippen LogP contribution in [0.5, 0.6) is 0 Å². The minimum absolute atomic E-state index is 0.0200. The van der Waals surface area contributed by atoms with Crippen LogP contribution in [-0.4, -0.2) is 82.3 Å². The van der Waals surface area contributed by atoms with Gasteiger partial charge in [-0.2, -0.15) is 0 Å². The maximum atomic E-state index is 13.1. The van der Waals surface area contributed by atoms with Crippen molar-refractivity contribution in [3.8, 4) is 0 Å². The lowest BCUT2D eigenvalue weighted by molar-refractivity contribution is -0.137. The Morgan fingerprint density at radius 1 is 1.16 bits per heavy atom. The van der Waals surface area contributed by atoms with Crippen molar-refractivity contribution in [2.75, 3.05) is 33.1 Å². The number of ketones is 1. The lowest BCUT2D eigenvalue weighted by Gasteiger charge is -2.19. The second kappa shape index (κ2) is 13.7. The van der Waals surface area contributed by atoms with Crippen molar-refractivity contribution in [1.29, 1.82) is 0 Å². The standard InChI is InChI=1S/C23H32N8O6/c1-24-22(36)18(32)9-5-7-15(27-21(35)17-11-25-13-30(17)4)20(34)28-16-8-6-10-31(23(16)37)12-19(33)26-14-29(2)3/h6,8,10-11,13,15H,5,7,9,12,14H2,1-4H3,(H,24,36)(H,26,33)(H,27,35)(H,28,34)/t15-/m0/s1. The van der Waals surface area contributed by atoms with E-state index in [9.17, 15) is 28.8 Å². The van der Waals surface area contributed by atoms with Gasteiger partial charge in [-0.15, -0.1) is 0 Å². The zero-order chi connectivity index (χ0) is 27.5. The molecule has 0 saturated carbocycles. The molecule has 2 heterocycles. The molecule has 37 heavy (non-hydrogen) atoms. The summed E-state index contributed by atoms with van der Waals surface area (Å²) < 4.78 is 2.61. The van der Waals surface area contributed by atoms with Crippen LogP contribution in [-0.2, 0) is 32.8 Å². The van der Waals surface area contributed by atoms with Crippen molar-refractivity contribution >= 4 is 35.1 Å². The second-order valence-corrected chi connectivity index (χ2v) is 8.49. The van der Waals surface area contributed by atoms with E-state index in [4.69, 9.17) is 0 Å². The molecule has 4 amide bonds. The van der Waals surface area contributed by atoms with E-state index in [0.717, 1.165) is 4.57 Å². The Labute approximate surface area is 213 Å². The molecular weight excluding hydrogens is 484 g/mol. The molecule has 2 aromatic heterocycles. The number of nitrogens with one attached hydrogen (secondary N) is 4. The lowest BCUT2D eigenvalue weighted by Crippen LogP contribution is -2.45. The summed E-state index contributed by atoms with van der Waals surface area (Å²) in [6, 6.07) is 1.75. The van der Waals surface area contributed by atoms with Crippen LogP contribution in [0.15, 0.2) is 35.6 Å². The van der Waals surface area contributed by atoms with Gasteiger partial charge in [0.15, 0.2) is 0 Å². The quantitative estimate of drug-likeness (QED) is 0.182. The molecule has 1 atom stereocenters. The summed E-state index contributed by atoms with van der Waals surface area (Å²) in [4.78, 5) is 79.7. The molecule has 200 valence electrons. The molecule has 0 spiro atoms. The van der Waals surface area contributed by atoms with Crippen molar-refractivity contribution in [3.05, 3.63) is 46.9 Å². The first-order chi connectivity index (χ1) is 17.5. The number of hydrogen-bond donors (Lipinski definition) is 4. The number of pyridine rings is 1. The van der Waals surface area contributed by atoms with E-state index in [1.165, 1.54) is 42.5 Å². The Bertz CT molecular complexity index is 1200. The van der Waals surface area contributed by atoms with Gasteiger partial charge < -0.3 is 30.4 Å². The number of likely N-dealkylation sites (N-methyl/N-ethyl adjacent to an activating group) is 1. The number of anilines is 1. The van der Waals surface area contributed by atoms with Crippen LogP contribution >= 0.6 is 0 Å². The Morgan fingerprint density at radius 2 is 1.89 bits per heavy atom. The van der Waals surface area contributed by atoms with Crippen molar-refractivity contribution in [3.63, 3.8) is 0 Å². The van der Waals surface area contributed by atoms with Gasteiger partial charge in [0.05, 0.1) is 19.2 Å². The highest BCUT2D eigenvalue weighted by Gasteiger charge is 2.24. The van der Waals surface area contributed by atoms with Crippen LogP contribution in [0.3, 0.4) is 0 Å². The predicted molar refractivity (Wildman–Crippen MR) is 133 cm³/mol. The molecule has 0 aromatic carbocycles. The summed E-state index contributed by atoms with van der Waals surface area (Å²) in [7, 11) is 6.50. The highest BCUT2D eigenvalue weighted by molar-refractivity contribution is 6.36. The molecule has 0 bridgehead atoms. The highest BCUT2D eigenvalue weighted by atomic mass is 16.2. The van der Waals surface area contributed by atoms with Gasteiger partial charge in [0.25, 0.3) is 17.4 Å². The van der Waals surface area contributed by atoms with Crippen LogP contribution in [0.4, 0.5) is 5.69 Å². The Balaban J connectivity index is 2.16. The fourth-order valence-electron chi connectivity index (χ4n) is 3.23. The van der Waals surface area contributed by atoms with Crippen LogP contribution in [0, 0.1) is 0 Å². The largest absolute Gasteiger partial charge is 0.353 e. The summed E-state index contributed by atoms with van der Waals surface area (Å²) in [5, 5.41) is 9.98. The number of amides is 4. The maximum absolute atomic E-state index is 13.1. The molecule has 14 heteroatoms. The minimum atomic E-state index is -1.13. The molecule has 4 N–H and O–H groups in total. The molecule has 0 fully saturated rings. The summed E-state index contributed by atoms with van der Waals surface area (Å²) in [6.07, 6.45) is 4.18. The molecule has 2 aromatic rings. The first kappa shape index (κ1) is 28.9. The average Bonchev–Trinajstić information content (AvgIpc) is 3.29. The van der Waals surface area contributed by atoms with Gasteiger partial charge in [-0.1, -0.05) is 0 Å². The normalized spacial score (nSPS) is 11.5. The number of nitrogens with zero attached hydrogens (tertiary/aromatic N) is 4. The van der Waals surface area contributed by atoms with Crippen molar-refractivity contribution < 1.29 is 24.0 Å². The van der Waals surface area contributed by atoms with Crippen molar-refractivity contribution in [2.45, 2.75) is 31.8 Å².